The van der Waals surface area contributed by atoms with Crippen molar-refractivity contribution in [1.82, 2.24) is 0 Å². The summed E-state index contributed by atoms with van der Waals surface area (Å²) in [6.45, 7) is 0. The highest BCUT2D eigenvalue weighted by atomic mass is 16.5. The van der Waals surface area contributed by atoms with Crippen LogP contribution >= 0.6 is 0 Å². The molecule has 0 fully saturated rings. The predicted octanol–water partition coefficient (Wildman–Crippen LogP) is 18.1. The van der Waals surface area contributed by atoms with Gasteiger partial charge in [0.05, 0.1) is 0 Å². The van der Waals surface area contributed by atoms with Crippen LogP contribution in [0.4, 0.5) is 0 Å². The zero-order valence-electron chi connectivity index (χ0n) is 37.4. The number of benzene rings is 11. The Balaban J connectivity index is 0.938. The van der Waals surface area contributed by atoms with Crippen LogP contribution in [-0.4, -0.2) is 0 Å². The van der Waals surface area contributed by atoms with E-state index in [9.17, 15) is 0 Å². The molecule has 0 saturated heterocycles. The monoisotopic (exact) mass is 870 g/mol. The summed E-state index contributed by atoms with van der Waals surface area (Å²) in [4.78, 5) is 0. The summed E-state index contributed by atoms with van der Waals surface area (Å²) in [6, 6.07) is 93.6. The molecule has 11 rings (SSSR count). The molecule has 0 N–H and O–H groups in total. The minimum absolute atomic E-state index is 0.805. The van der Waals surface area contributed by atoms with Crippen molar-refractivity contribution in [3.8, 4) is 45.3 Å². The lowest BCUT2D eigenvalue weighted by Gasteiger charge is -2.18. The molecule has 11 aromatic rings. The van der Waals surface area contributed by atoms with E-state index in [-0.39, 0.29) is 0 Å². The molecule has 0 unspecified atom stereocenters. The molecule has 2 heteroatoms. The van der Waals surface area contributed by atoms with Crippen LogP contribution < -0.4 is 9.47 Å². The Morgan fingerprint density at radius 2 is 0.500 bits per heavy atom. The zero-order valence-corrected chi connectivity index (χ0v) is 37.4. The van der Waals surface area contributed by atoms with Crippen molar-refractivity contribution >= 4 is 44.8 Å². The number of hydrogen-bond donors (Lipinski definition) is 0. The molecule has 0 aliphatic rings. The molecule has 0 aliphatic heterocycles. The van der Waals surface area contributed by atoms with Gasteiger partial charge in [-0.05, 0) is 149 Å². The van der Waals surface area contributed by atoms with Gasteiger partial charge in [0.2, 0.25) is 0 Å². The first-order valence-corrected chi connectivity index (χ1v) is 23.1. The Labute approximate surface area is 398 Å². The van der Waals surface area contributed by atoms with Crippen molar-refractivity contribution in [2.75, 3.05) is 0 Å². The molecule has 0 atom stereocenters. The fraction of sp³-hybridized carbons (Fsp3) is 0. The third-order valence-electron chi connectivity index (χ3n) is 12.4. The lowest BCUT2D eigenvalue weighted by atomic mass is 9.85. The summed E-state index contributed by atoms with van der Waals surface area (Å²) in [7, 11) is 0. The lowest BCUT2D eigenvalue weighted by Crippen LogP contribution is -1.93. The van der Waals surface area contributed by atoms with Gasteiger partial charge in [-0.3, -0.25) is 0 Å². The number of hydrogen-bond acceptors (Lipinski definition) is 2. The van der Waals surface area contributed by atoms with E-state index in [2.05, 4.69) is 194 Å². The summed E-state index contributed by atoms with van der Waals surface area (Å²) >= 11 is 0. The molecule has 2 nitrogen and oxygen atoms in total. The molecule has 68 heavy (non-hydrogen) atoms. The van der Waals surface area contributed by atoms with Crippen LogP contribution in [0.5, 0.6) is 23.0 Å². The summed E-state index contributed by atoms with van der Waals surface area (Å²) in [5.41, 5.74) is 13.9. The summed E-state index contributed by atoms with van der Waals surface area (Å²) in [5.74, 6) is 3.25. The highest BCUT2D eigenvalue weighted by Gasteiger charge is 2.18. The van der Waals surface area contributed by atoms with Crippen LogP contribution in [0.3, 0.4) is 0 Å². The first kappa shape index (κ1) is 41.7. The normalized spacial score (nSPS) is 11.7. The van der Waals surface area contributed by atoms with E-state index in [1.165, 1.54) is 43.8 Å². The van der Waals surface area contributed by atoms with Crippen LogP contribution in [0, 0.1) is 0 Å². The second kappa shape index (κ2) is 19.2. The van der Waals surface area contributed by atoms with Crippen molar-refractivity contribution in [2.24, 2.45) is 0 Å². The second-order valence-electron chi connectivity index (χ2n) is 16.8. The molecule has 0 saturated carbocycles. The van der Waals surface area contributed by atoms with E-state index >= 15 is 0 Å². The predicted molar refractivity (Wildman–Crippen MR) is 285 cm³/mol. The molecule has 0 radical (unpaired) electrons. The maximum Gasteiger partial charge on any atom is 0.127 e. The number of para-hydroxylation sites is 2. The van der Waals surface area contributed by atoms with Gasteiger partial charge in [-0.2, -0.15) is 0 Å². The largest absolute Gasteiger partial charge is 0.457 e. The Kier molecular flexibility index (Phi) is 11.8. The van der Waals surface area contributed by atoms with Crippen LogP contribution in [0.2, 0.25) is 0 Å². The van der Waals surface area contributed by atoms with Crippen LogP contribution in [-0.2, 0) is 0 Å². The van der Waals surface area contributed by atoms with Gasteiger partial charge in [-0.15, -0.1) is 0 Å². The second-order valence-corrected chi connectivity index (χ2v) is 16.8. The minimum Gasteiger partial charge on any atom is -0.457 e. The first-order chi connectivity index (χ1) is 33.7. The Bertz CT molecular complexity index is 3230. The molecule has 11 aromatic carbocycles. The van der Waals surface area contributed by atoms with E-state index in [1.807, 2.05) is 84.9 Å². The van der Waals surface area contributed by atoms with Gasteiger partial charge in [0, 0.05) is 0 Å². The smallest absolute Gasteiger partial charge is 0.127 e. The maximum atomic E-state index is 6.09. The highest BCUT2D eigenvalue weighted by molar-refractivity contribution is 6.21. The number of fused-ring (bicyclic) bond motifs is 2. The van der Waals surface area contributed by atoms with Gasteiger partial charge in [0.15, 0.2) is 0 Å². The number of ether oxygens (including phenoxy) is 2. The van der Waals surface area contributed by atoms with Gasteiger partial charge in [-0.1, -0.05) is 218 Å². The van der Waals surface area contributed by atoms with Crippen molar-refractivity contribution in [3.63, 3.8) is 0 Å². The van der Waals surface area contributed by atoms with Gasteiger partial charge < -0.3 is 9.47 Å². The van der Waals surface area contributed by atoms with Gasteiger partial charge >= 0.3 is 0 Å². The van der Waals surface area contributed by atoms with Crippen LogP contribution in [0.15, 0.2) is 267 Å². The van der Waals surface area contributed by atoms with Crippen LogP contribution in [0.1, 0.15) is 33.4 Å². The molecule has 0 heterocycles. The van der Waals surface area contributed by atoms with E-state index in [0.717, 1.165) is 67.5 Å². The average molecular weight is 871 g/mol. The molecule has 0 spiro atoms. The van der Waals surface area contributed by atoms with Gasteiger partial charge in [0.25, 0.3) is 0 Å². The van der Waals surface area contributed by atoms with E-state index in [4.69, 9.17) is 9.47 Å². The summed E-state index contributed by atoms with van der Waals surface area (Å²) in [6.07, 6.45) is 4.53. The van der Waals surface area contributed by atoms with Gasteiger partial charge in [0.1, 0.15) is 23.0 Å². The average Bonchev–Trinajstić information content (AvgIpc) is 3.41. The Morgan fingerprint density at radius 1 is 0.235 bits per heavy atom. The minimum atomic E-state index is 0.805. The lowest BCUT2D eigenvalue weighted by molar-refractivity contribution is 0.482. The third kappa shape index (κ3) is 9.00. The Hall–Kier alpha value is -8.98. The Morgan fingerprint density at radius 3 is 0.824 bits per heavy atom. The van der Waals surface area contributed by atoms with Crippen molar-refractivity contribution in [2.45, 2.75) is 0 Å². The maximum absolute atomic E-state index is 6.09. The molecule has 0 bridgehead atoms. The topological polar surface area (TPSA) is 18.5 Å². The van der Waals surface area contributed by atoms with E-state index < -0.39 is 0 Å². The van der Waals surface area contributed by atoms with Crippen molar-refractivity contribution in [3.05, 3.63) is 300 Å². The molecule has 0 aromatic heterocycles. The molecular weight excluding hydrogens is 825 g/mol. The summed E-state index contributed by atoms with van der Waals surface area (Å²) in [5, 5.41) is 4.89. The van der Waals surface area contributed by atoms with Crippen molar-refractivity contribution < 1.29 is 9.47 Å². The molecule has 0 amide bonds. The van der Waals surface area contributed by atoms with E-state index in [1.54, 1.807) is 0 Å². The molecule has 0 aliphatic carbocycles. The standard InChI is InChI=1S/C66H46O2/c1-5-17-49(18-6-1)63(45-47-29-41-57(42-30-47)67-55-21-9-3-10-22-55)51-33-37-53(38-34-51)65-59-25-13-15-27-61(59)66(62-28-16-14-26-60(62)65)54-39-35-52(36-40-54)64(50-19-7-2-8-20-50)46-48-31-43-58(44-32-48)68-56-23-11-4-12-24-56/h1-46H/b63-45+,64-46+. The third-order valence-corrected chi connectivity index (χ3v) is 12.4. The first-order valence-electron chi connectivity index (χ1n) is 23.1. The number of rotatable bonds is 12. The highest BCUT2D eigenvalue weighted by Crippen LogP contribution is 2.44. The van der Waals surface area contributed by atoms with E-state index in [0.29, 0.717) is 0 Å². The zero-order chi connectivity index (χ0) is 45.5. The van der Waals surface area contributed by atoms with Crippen molar-refractivity contribution in [1.29, 1.82) is 0 Å². The fourth-order valence-corrected chi connectivity index (χ4v) is 9.13. The van der Waals surface area contributed by atoms with Gasteiger partial charge in [-0.25, -0.2) is 0 Å². The SMILES string of the molecule is C(=C(/c1ccccc1)c1ccc(-c2c3ccccc3c(-c3ccc(/C(=C/c4ccc(Oc5ccccc5)cc4)c4ccccc4)cc3)c3ccccc23)cc1)/c1ccc(Oc2ccccc2)cc1. The molecular formula is C66H46O2. The quantitative estimate of drug-likeness (QED) is 0.0899. The van der Waals surface area contributed by atoms with Crippen LogP contribution in [0.25, 0.3) is 67.1 Å². The molecule has 322 valence electrons. The fourth-order valence-electron chi connectivity index (χ4n) is 9.13. The summed E-state index contributed by atoms with van der Waals surface area (Å²) < 4.78 is 12.2.